The zero-order valence-corrected chi connectivity index (χ0v) is 28.2. The molecule has 1 aromatic heterocycles. The van der Waals surface area contributed by atoms with E-state index in [2.05, 4.69) is 0 Å². The molecular weight excluding hydrogens is 646 g/mol. The molecule has 2 aliphatic heterocycles. The van der Waals surface area contributed by atoms with Crippen molar-refractivity contribution in [3.05, 3.63) is 138 Å². The second-order valence-electron chi connectivity index (χ2n) is 11.5. The van der Waals surface area contributed by atoms with Gasteiger partial charge in [-0.25, -0.2) is 9.79 Å². The van der Waals surface area contributed by atoms with Crippen LogP contribution in [0.15, 0.2) is 106 Å². The summed E-state index contributed by atoms with van der Waals surface area (Å²) in [6.45, 7) is 4.23. The van der Waals surface area contributed by atoms with Gasteiger partial charge in [-0.05, 0) is 53.9 Å². The van der Waals surface area contributed by atoms with E-state index in [1.165, 1.54) is 11.3 Å². The molecule has 1 amide bonds. The lowest BCUT2D eigenvalue weighted by Crippen LogP contribution is -2.41. The van der Waals surface area contributed by atoms with Crippen molar-refractivity contribution in [2.24, 2.45) is 4.99 Å². The molecule has 0 aliphatic carbocycles. The number of anilines is 1. The van der Waals surface area contributed by atoms with Crippen LogP contribution in [0.2, 0.25) is 5.02 Å². The van der Waals surface area contributed by atoms with E-state index >= 15 is 0 Å². The highest BCUT2D eigenvalue weighted by molar-refractivity contribution is 7.07. The average Bonchev–Trinajstić information content (AvgIpc) is 3.56. The first-order valence-corrected chi connectivity index (χ1v) is 17.0. The maximum Gasteiger partial charge on any atom is 0.338 e. The number of thiazole rings is 1. The number of halogens is 1. The van der Waals surface area contributed by atoms with Crippen LogP contribution >= 0.6 is 22.9 Å². The highest BCUT2D eigenvalue weighted by atomic mass is 35.5. The molecule has 3 heterocycles. The first kappa shape index (κ1) is 31.6. The lowest BCUT2D eigenvalue weighted by atomic mass is 9.90. The van der Waals surface area contributed by atoms with Gasteiger partial charge in [0.15, 0.2) is 4.80 Å². The molecule has 0 unspecified atom stereocenters. The number of nitrogens with zero attached hydrogens (tertiary/aromatic N) is 3. The number of carbonyl (C=O) groups excluding carboxylic acids is 2. The normalized spacial score (nSPS) is 16.5. The minimum absolute atomic E-state index is 0.157. The number of para-hydroxylation sites is 1. The first-order valence-electron chi connectivity index (χ1n) is 15.8. The number of ether oxygens (including phenoxy) is 2. The van der Waals surface area contributed by atoms with Gasteiger partial charge < -0.3 is 14.4 Å². The zero-order valence-electron chi connectivity index (χ0n) is 26.7. The van der Waals surface area contributed by atoms with Gasteiger partial charge >= 0.3 is 5.97 Å². The Labute approximate surface area is 285 Å². The summed E-state index contributed by atoms with van der Waals surface area (Å²) in [5, 5.41) is 2.36. The SMILES string of the molecule is CCCC1=C(C(=O)OCC)[C@@H](c2c(OC)ccc3ccccc23)n2c(s/c(=C3/C(=O)N(Cc4ccc(Cl)cc4)c4ccccc43)c2=O)=N1. The van der Waals surface area contributed by atoms with E-state index in [0.717, 1.165) is 16.3 Å². The summed E-state index contributed by atoms with van der Waals surface area (Å²) in [4.78, 5) is 50.1. The molecule has 0 saturated heterocycles. The second-order valence-corrected chi connectivity index (χ2v) is 13.0. The van der Waals surface area contributed by atoms with Crippen LogP contribution < -0.4 is 24.5 Å². The monoisotopic (exact) mass is 677 g/mol. The van der Waals surface area contributed by atoms with Gasteiger partial charge in [0.25, 0.3) is 11.5 Å². The number of benzene rings is 4. The van der Waals surface area contributed by atoms with Gasteiger partial charge in [-0.2, -0.15) is 0 Å². The van der Waals surface area contributed by atoms with Crippen molar-refractivity contribution in [1.29, 1.82) is 0 Å². The summed E-state index contributed by atoms with van der Waals surface area (Å²) in [5.41, 5.74) is 3.67. The maximum absolute atomic E-state index is 14.9. The minimum atomic E-state index is -0.908. The van der Waals surface area contributed by atoms with Crippen LogP contribution in [0.5, 0.6) is 5.75 Å². The predicted octanol–water partition coefficient (Wildman–Crippen LogP) is 6.31. The van der Waals surface area contributed by atoms with E-state index in [1.807, 2.05) is 79.7 Å². The van der Waals surface area contributed by atoms with Gasteiger partial charge in [0.05, 0.1) is 42.8 Å². The smallest absolute Gasteiger partial charge is 0.338 e. The quantitative estimate of drug-likeness (QED) is 0.180. The largest absolute Gasteiger partial charge is 0.496 e. The Balaban J connectivity index is 1.52. The fourth-order valence-electron chi connectivity index (χ4n) is 6.61. The van der Waals surface area contributed by atoms with Gasteiger partial charge in [0, 0.05) is 16.1 Å². The molecule has 10 heteroatoms. The number of carbonyl (C=O) groups is 2. The lowest BCUT2D eigenvalue weighted by Gasteiger charge is -2.28. The number of hydrogen-bond acceptors (Lipinski definition) is 7. The summed E-state index contributed by atoms with van der Waals surface area (Å²) >= 11 is 7.29. The fraction of sp³-hybridized carbons (Fsp3) is 0.211. The van der Waals surface area contributed by atoms with E-state index in [1.54, 1.807) is 35.6 Å². The predicted molar refractivity (Wildman–Crippen MR) is 188 cm³/mol. The molecule has 5 aromatic rings. The number of allylic oxidation sites excluding steroid dienone is 1. The summed E-state index contributed by atoms with van der Waals surface area (Å²) in [7, 11) is 1.57. The maximum atomic E-state index is 14.9. The summed E-state index contributed by atoms with van der Waals surface area (Å²) in [6, 6.07) is 25.5. The van der Waals surface area contributed by atoms with E-state index in [4.69, 9.17) is 26.1 Å². The van der Waals surface area contributed by atoms with Crippen LogP contribution in [0.3, 0.4) is 0 Å². The van der Waals surface area contributed by atoms with Crippen molar-refractivity contribution < 1.29 is 19.1 Å². The standard InChI is InChI=1S/C38H32ClN3O5S/c1-4-10-27-32(37(45)47-5-2)33(30-25-12-7-6-11-23(25)17-20-29(30)46-3)42-36(44)34(48-38(42)40-27)31-26-13-8-9-14-28(26)41(35(31)43)21-22-15-18-24(39)19-16-22/h6-9,11-20,33H,4-5,10,21H2,1-3H3/b34-31+/t33-/m1/s1. The Morgan fingerprint density at radius 3 is 2.46 bits per heavy atom. The fourth-order valence-corrected chi connectivity index (χ4v) is 7.84. The van der Waals surface area contributed by atoms with Crippen molar-refractivity contribution in [2.45, 2.75) is 39.3 Å². The van der Waals surface area contributed by atoms with Crippen molar-refractivity contribution >= 4 is 56.8 Å². The minimum Gasteiger partial charge on any atom is -0.496 e. The molecule has 8 nitrogen and oxygen atoms in total. The van der Waals surface area contributed by atoms with Gasteiger partial charge in [-0.1, -0.05) is 96.9 Å². The molecule has 242 valence electrons. The first-order chi connectivity index (χ1) is 23.4. The summed E-state index contributed by atoms with van der Waals surface area (Å²) in [5.74, 6) is -0.305. The Morgan fingerprint density at radius 2 is 1.71 bits per heavy atom. The molecule has 0 saturated carbocycles. The number of methoxy groups -OCH3 is 1. The molecule has 2 aliphatic rings. The number of rotatable bonds is 8. The molecule has 0 spiro atoms. The Kier molecular flexibility index (Phi) is 8.49. The molecule has 0 N–H and O–H groups in total. The van der Waals surface area contributed by atoms with Crippen LogP contribution in [0.1, 0.15) is 49.4 Å². The van der Waals surface area contributed by atoms with Crippen molar-refractivity contribution in [1.82, 2.24) is 4.57 Å². The third-order valence-corrected chi connectivity index (χ3v) is 10.0. The van der Waals surface area contributed by atoms with Crippen molar-refractivity contribution in [3.63, 3.8) is 0 Å². The Hall–Kier alpha value is -4.99. The number of aromatic nitrogens is 1. The average molecular weight is 678 g/mol. The van der Waals surface area contributed by atoms with E-state index in [9.17, 15) is 14.4 Å². The van der Waals surface area contributed by atoms with Crippen LogP contribution in [-0.4, -0.2) is 30.2 Å². The van der Waals surface area contributed by atoms with Crippen molar-refractivity contribution in [2.75, 3.05) is 18.6 Å². The number of esters is 1. The van der Waals surface area contributed by atoms with Crippen LogP contribution in [-0.2, 0) is 20.9 Å². The summed E-state index contributed by atoms with van der Waals surface area (Å²) in [6.07, 6.45) is 1.21. The van der Waals surface area contributed by atoms with Gasteiger partial charge in [0.1, 0.15) is 16.3 Å². The van der Waals surface area contributed by atoms with E-state index in [-0.39, 0.29) is 17.0 Å². The van der Waals surface area contributed by atoms with Crippen molar-refractivity contribution in [3.8, 4) is 5.75 Å². The zero-order chi connectivity index (χ0) is 33.5. The van der Waals surface area contributed by atoms with E-state index < -0.39 is 17.6 Å². The van der Waals surface area contributed by atoms with Crippen LogP contribution in [0.4, 0.5) is 5.69 Å². The third kappa shape index (κ3) is 5.23. The third-order valence-electron chi connectivity index (χ3n) is 8.70. The highest BCUT2D eigenvalue weighted by Gasteiger charge is 2.39. The van der Waals surface area contributed by atoms with Gasteiger partial charge in [-0.3, -0.25) is 14.2 Å². The summed E-state index contributed by atoms with van der Waals surface area (Å²) < 4.78 is 13.3. The number of amides is 1. The molecular formula is C38H32ClN3O5S. The molecule has 4 aromatic carbocycles. The molecule has 48 heavy (non-hydrogen) atoms. The topological polar surface area (TPSA) is 90.2 Å². The van der Waals surface area contributed by atoms with E-state index in [0.29, 0.717) is 68.6 Å². The molecule has 7 rings (SSSR count). The number of fused-ring (bicyclic) bond motifs is 3. The molecule has 1 atom stereocenters. The number of hydrogen-bond donors (Lipinski definition) is 0. The highest BCUT2D eigenvalue weighted by Crippen LogP contribution is 2.41. The molecule has 0 bridgehead atoms. The molecule has 0 radical (unpaired) electrons. The lowest BCUT2D eigenvalue weighted by molar-refractivity contribution is -0.139. The van der Waals surface area contributed by atoms with Crippen LogP contribution in [0, 0.1) is 0 Å². The second kappa shape index (κ2) is 12.9. The van der Waals surface area contributed by atoms with Crippen LogP contribution in [0.25, 0.3) is 16.3 Å². The van der Waals surface area contributed by atoms with Gasteiger partial charge in [-0.15, -0.1) is 0 Å². The molecule has 0 fully saturated rings. The Bertz CT molecular complexity index is 2320. The van der Waals surface area contributed by atoms with Gasteiger partial charge in [0.2, 0.25) is 0 Å². The Morgan fingerprint density at radius 1 is 0.958 bits per heavy atom.